The second kappa shape index (κ2) is 7.88. The van der Waals surface area contributed by atoms with Crippen LogP contribution in [0.5, 0.6) is 5.75 Å². The van der Waals surface area contributed by atoms with Crippen LogP contribution in [0.1, 0.15) is 25.8 Å². The van der Waals surface area contributed by atoms with E-state index < -0.39 is 17.9 Å². The van der Waals surface area contributed by atoms with Gasteiger partial charge in [-0.25, -0.2) is 4.79 Å². The lowest BCUT2D eigenvalue weighted by Gasteiger charge is -2.17. The van der Waals surface area contributed by atoms with Crippen LogP contribution >= 0.6 is 11.6 Å². The third-order valence-electron chi connectivity index (χ3n) is 2.85. The van der Waals surface area contributed by atoms with E-state index in [1.165, 1.54) is 0 Å². The van der Waals surface area contributed by atoms with Crippen LogP contribution in [0.25, 0.3) is 0 Å². The van der Waals surface area contributed by atoms with Crippen molar-refractivity contribution in [2.75, 3.05) is 6.61 Å². The maximum absolute atomic E-state index is 11.8. The van der Waals surface area contributed by atoms with Gasteiger partial charge in [-0.1, -0.05) is 31.5 Å². The Morgan fingerprint density at radius 3 is 2.62 bits per heavy atom. The molecule has 0 aliphatic heterocycles. The lowest BCUT2D eigenvalue weighted by molar-refractivity contribution is -0.142. The van der Waals surface area contributed by atoms with Gasteiger partial charge in [-0.3, -0.25) is 4.79 Å². The topological polar surface area (TPSA) is 75.6 Å². The Balaban J connectivity index is 2.56. The lowest BCUT2D eigenvalue weighted by Crippen LogP contribution is -2.43. The Morgan fingerprint density at radius 1 is 1.38 bits per heavy atom. The van der Waals surface area contributed by atoms with Gasteiger partial charge in [-0.2, -0.15) is 0 Å². The number of rotatable bonds is 7. The first kappa shape index (κ1) is 17.3. The molecule has 6 heteroatoms. The van der Waals surface area contributed by atoms with Crippen LogP contribution in [0.2, 0.25) is 5.02 Å². The van der Waals surface area contributed by atoms with Gasteiger partial charge in [0.15, 0.2) is 6.61 Å². The van der Waals surface area contributed by atoms with Crippen LogP contribution in [0, 0.1) is 12.8 Å². The summed E-state index contributed by atoms with van der Waals surface area (Å²) in [6.07, 6.45) is 0.372. The molecule has 1 unspecified atom stereocenters. The molecule has 1 rings (SSSR count). The zero-order valence-corrected chi connectivity index (χ0v) is 13.1. The van der Waals surface area contributed by atoms with Crippen molar-refractivity contribution >= 4 is 23.5 Å². The zero-order chi connectivity index (χ0) is 16.0. The van der Waals surface area contributed by atoms with Gasteiger partial charge < -0.3 is 15.2 Å². The minimum absolute atomic E-state index is 0.169. The fourth-order valence-corrected chi connectivity index (χ4v) is 1.96. The van der Waals surface area contributed by atoms with Crippen LogP contribution in [0.15, 0.2) is 18.2 Å². The summed E-state index contributed by atoms with van der Waals surface area (Å²) in [5, 5.41) is 12.0. The number of carboxylic acid groups (broad SMARTS) is 1. The van der Waals surface area contributed by atoms with Crippen molar-refractivity contribution in [1.82, 2.24) is 5.32 Å². The molecule has 0 heterocycles. The van der Waals surface area contributed by atoms with Crippen molar-refractivity contribution in [1.29, 1.82) is 0 Å². The number of carbonyl (C=O) groups excluding carboxylic acids is 1. The molecule has 0 saturated carbocycles. The SMILES string of the molecule is Cc1ccc(Cl)cc1OCC(=O)NC(CC(C)C)C(=O)O. The minimum Gasteiger partial charge on any atom is -0.483 e. The number of benzene rings is 1. The standard InChI is InChI=1S/C15H20ClNO4/c1-9(2)6-12(15(19)20)17-14(18)8-21-13-7-11(16)5-4-10(13)3/h4-5,7,9,12H,6,8H2,1-3H3,(H,17,18)(H,19,20). The summed E-state index contributed by atoms with van der Waals surface area (Å²) in [5.41, 5.74) is 0.851. The minimum atomic E-state index is -1.05. The van der Waals surface area contributed by atoms with Gasteiger partial charge in [-0.15, -0.1) is 0 Å². The van der Waals surface area contributed by atoms with E-state index in [1.54, 1.807) is 18.2 Å². The number of hydrogen-bond donors (Lipinski definition) is 2. The van der Waals surface area contributed by atoms with Gasteiger partial charge in [0.05, 0.1) is 0 Å². The Morgan fingerprint density at radius 2 is 2.05 bits per heavy atom. The summed E-state index contributed by atoms with van der Waals surface area (Å²) >= 11 is 5.86. The van der Waals surface area contributed by atoms with E-state index in [0.29, 0.717) is 17.2 Å². The average Bonchev–Trinajstić information content (AvgIpc) is 2.38. The summed E-state index contributed by atoms with van der Waals surface area (Å²) in [4.78, 5) is 22.8. The highest BCUT2D eigenvalue weighted by atomic mass is 35.5. The third-order valence-corrected chi connectivity index (χ3v) is 3.08. The van der Waals surface area contributed by atoms with Crippen LogP contribution in [-0.2, 0) is 9.59 Å². The largest absolute Gasteiger partial charge is 0.483 e. The van der Waals surface area contributed by atoms with Crippen molar-refractivity contribution in [2.45, 2.75) is 33.2 Å². The molecule has 0 radical (unpaired) electrons. The molecule has 0 aliphatic rings. The first-order valence-corrected chi connectivity index (χ1v) is 7.08. The van der Waals surface area contributed by atoms with Crippen molar-refractivity contribution < 1.29 is 19.4 Å². The first-order valence-electron chi connectivity index (χ1n) is 6.70. The smallest absolute Gasteiger partial charge is 0.326 e. The van der Waals surface area contributed by atoms with E-state index in [9.17, 15) is 9.59 Å². The lowest BCUT2D eigenvalue weighted by atomic mass is 10.0. The fraction of sp³-hybridized carbons (Fsp3) is 0.467. The van der Waals surface area contributed by atoms with E-state index >= 15 is 0 Å². The van der Waals surface area contributed by atoms with Gasteiger partial charge in [0.1, 0.15) is 11.8 Å². The molecule has 2 N–H and O–H groups in total. The van der Waals surface area contributed by atoms with Crippen LogP contribution < -0.4 is 10.1 Å². The van der Waals surface area contributed by atoms with Crippen LogP contribution in [0.3, 0.4) is 0 Å². The molecule has 1 aromatic rings. The van der Waals surface area contributed by atoms with Crippen LogP contribution in [-0.4, -0.2) is 29.6 Å². The summed E-state index contributed by atoms with van der Waals surface area (Å²) < 4.78 is 5.38. The second-order valence-electron chi connectivity index (χ2n) is 5.29. The zero-order valence-electron chi connectivity index (χ0n) is 12.4. The molecule has 0 fully saturated rings. The molecule has 21 heavy (non-hydrogen) atoms. The van der Waals surface area contributed by atoms with Crippen molar-refractivity contribution in [3.63, 3.8) is 0 Å². The van der Waals surface area contributed by atoms with Gasteiger partial charge in [0.2, 0.25) is 0 Å². The number of carbonyl (C=O) groups is 2. The Bertz CT molecular complexity index is 516. The number of carboxylic acids is 1. The monoisotopic (exact) mass is 313 g/mol. The summed E-state index contributed by atoms with van der Waals surface area (Å²) in [5.74, 6) is -0.839. The van der Waals surface area contributed by atoms with Crippen molar-refractivity contribution in [3.05, 3.63) is 28.8 Å². The quantitative estimate of drug-likeness (QED) is 0.811. The molecule has 0 bridgehead atoms. The molecule has 1 aromatic carbocycles. The molecule has 0 saturated heterocycles. The maximum atomic E-state index is 11.8. The van der Waals surface area contributed by atoms with Crippen LogP contribution in [0.4, 0.5) is 0 Å². The number of halogens is 1. The predicted octanol–water partition coefficient (Wildman–Crippen LogP) is 2.64. The highest BCUT2D eigenvalue weighted by Crippen LogP contribution is 2.22. The molecular formula is C15H20ClNO4. The van der Waals surface area contributed by atoms with Gasteiger partial charge >= 0.3 is 5.97 Å². The van der Waals surface area contributed by atoms with Crippen molar-refractivity contribution in [3.8, 4) is 5.75 Å². The number of aryl methyl sites for hydroxylation is 1. The van der Waals surface area contributed by atoms with Gasteiger partial charge in [-0.05, 0) is 37.0 Å². The number of amides is 1. The summed E-state index contributed by atoms with van der Waals surface area (Å²) in [7, 11) is 0. The third kappa shape index (κ3) is 6.04. The van der Waals surface area contributed by atoms with Crippen molar-refractivity contribution in [2.24, 2.45) is 5.92 Å². The second-order valence-corrected chi connectivity index (χ2v) is 5.72. The van der Waals surface area contributed by atoms with E-state index in [0.717, 1.165) is 5.56 Å². The molecule has 5 nitrogen and oxygen atoms in total. The highest BCUT2D eigenvalue weighted by molar-refractivity contribution is 6.30. The number of nitrogens with one attached hydrogen (secondary N) is 1. The molecule has 1 atom stereocenters. The molecule has 0 spiro atoms. The van der Waals surface area contributed by atoms with E-state index in [-0.39, 0.29) is 12.5 Å². The number of hydrogen-bond acceptors (Lipinski definition) is 3. The Hall–Kier alpha value is -1.75. The number of aliphatic carboxylic acids is 1. The first-order chi connectivity index (χ1) is 9.79. The van der Waals surface area contributed by atoms with Gasteiger partial charge in [0.25, 0.3) is 5.91 Å². The summed E-state index contributed by atoms with van der Waals surface area (Å²) in [6, 6.07) is 4.23. The maximum Gasteiger partial charge on any atom is 0.326 e. The highest BCUT2D eigenvalue weighted by Gasteiger charge is 2.21. The molecular weight excluding hydrogens is 294 g/mol. The Kier molecular flexibility index (Phi) is 6.49. The number of ether oxygens (including phenoxy) is 1. The normalized spacial score (nSPS) is 12.0. The molecule has 1 amide bonds. The fourth-order valence-electron chi connectivity index (χ4n) is 1.80. The predicted molar refractivity (Wildman–Crippen MR) is 80.7 cm³/mol. The van der Waals surface area contributed by atoms with E-state index in [2.05, 4.69) is 5.32 Å². The molecule has 116 valence electrons. The van der Waals surface area contributed by atoms with Gasteiger partial charge in [0, 0.05) is 5.02 Å². The molecule has 0 aliphatic carbocycles. The van der Waals surface area contributed by atoms with E-state index in [4.69, 9.17) is 21.4 Å². The molecule has 0 aromatic heterocycles. The average molecular weight is 314 g/mol. The Labute approximate surface area is 129 Å². The summed E-state index contributed by atoms with van der Waals surface area (Å²) in [6.45, 7) is 5.38. The van der Waals surface area contributed by atoms with E-state index in [1.807, 2.05) is 20.8 Å².